The van der Waals surface area contributed by atoms with E-state index in [0.717, 1.165) is 22.3 Å². The van der Waals surface area contributed by atoms with Crippen LogP contribution in [0.1, 0.15) is 35.3 Å². The summed E-state index contributed by atoms with van der Waals surface area (Å²) in [5.41, 5.74) is 1.28. The van der Waals surface area contributed by atoms with Crippen molar-refractivity contribution in [3.05, 3.63) is 174 Å². The topological polar surface area (TPSA) is 117 Å². The van der Waals surface area contributed by atoms with Gasteiger partial charge in [0.15, 0.2) is 11.7 Å². The fourth-order valence-electron chi connectivity index (χ4n) is 6.67. The van der Waals surface area contributed by atoms with Gasteiger partial charge in [0.2, 0.25) is 11.8 Å². The Morgan fingerprint density at radius 2 is 1.21 bits per heavy atom. The first kappa shape index (κ1) is 34.7. The van der Waals surface area contributed by atoms with Gasteiger partial charge in [0.25, 0.3) is 5.60 Å². The number of rotatable bonds is 8. The first-order valence-corrected chi connectivity index (χ1v) is 17.9. The lowest BCUT2D eigenvalue weighted by atomic mass is 9.91. The molecule has 3 fully saturated rings. The van der Waals surface area contributed by atoms with Crippen LogP contribution in [0.5, 0.6) is 0 Å². The Labute approximate surface area is 305 Å². The molecule has 3 aliphatic heterocycles. The number of hydrogen-bond donors (Lipinski definition) is 1. The van der Waals surface area contributed by atoms with Gasteiger partial charge in [-0.1, -0.05) is 140 Å². The first-order valence-electron chi connectivity index (χ1n) is 16.9. The number of carbonyl (C=O) groups excluding carboxylic acids is 4. The van der Waals surface area contributed by atoms with Crippen molar-refractivity contribution in [2.75, 3.05) is 17.2 Å². The molecule has 0 aliphatic carbocycles. The molecule has 8 rings (SSSR count). The van der Waals surface area contributed by atoms with E-state index in [9.17, 15) is 24.3 Å². The van der Waals surface area contributed by atoms with Gasteiger partial charge in [-0.25, -0.2) is 9.59 Å². The number of nitrogens with zero attached hydrogens (tertiary/aromatic N) is 2. The number of fused-ring (bicyclic) bond motifs is 1. The average Bonchev–Trinajstić information content (AvgIpc) is 3.89. The average molecular weight is 713 g/mol. The number of epoxide rings is 1. The summed E-state index contributed by atoms with van der Waals surface area (Å²) >= 11 is 1.28. The van der Waals surface area contributed by atoms with Crippen molar-refractivity contribution in [3.63, 3.8) is 0 Å². The number of ether oxygens (including phenoxy) is 2. The fraction of sp³-hybridized carbons (Fsp3) is 0.190. The SMILES string of the molecule is CC(=O)N(c1ccccc1)C1C(=O)N2CC(O)(C(=O)OC(c3ccccc3)c3ccccc3)CS[C@H]12.O=C1OC1(c1ccccc1)c1ccccc1. The Kier molecular flexibility index (Phi) is 9.68. The highest BCUT2D eigenvalue weighted by Gasteiger charge is 2.61. The van der Waals surface area contributed by atoms with Gasteiger partial charge in [0.05, 0.1) is 6.54 Å². The van der Waals surface area contributed by atoms with Crippen molar-refractivity contribution in [1.29, 1.82) is 0 Å². The monoisotopic (exact) mass is 712 g/mol. The predicted molar refractivity (Wildman–Crippen MR) is 197 cm³/mol. The molecule has 3 saturated heterocycles. The minimum Gasteiger partial charge on any atom is -0.450 e. The number of β-lactam (4-membered cyclic amide) rings is 1. The molecule has 0 bridgehead atoms. The summed E-state index contributed by atoms with van der Waals surface area (Å²) in [6.07, 6.45) is -0.697. The second-order valence-corrected chi connectivity index (χ2v) is 13.9. The van der Waals surface area contributed by atoms with Crippen molar-refractivity contribution in [2.24, 2.45) is 0 Å². The maximum atomic E-state index is 13.3. The molecule has 3 heterocycles. The molecule has 0 saturated carbocycles. The van der Waals surface area contributed by atoms with E-state index in [1.54, 1.807) is 12.1 Å². The van der Waals surface area contributed by atoms with Gasteiger partial charge in [-0.2, -0.15) is 0 Å². The summed E-state index contributed by atoms with van der Waals surface area (Å²) in [4.78, 5) is 53.4. The lowest BCUT2D eigenvalue weighted by Gasteiger charge is -2.55. The third-order valence-corrected chi connectivity index (χ3v) is 10.8. The Morgan fingerprint density at radius 1 is 0.769 bits per heavy atom. The van der Waals surface area contributed by atoms with E-state index in [1.807, 2.05) is 140 Å². The number of anilines is 1. The van der Waals surface area contributed by atoms with Gasteiger partial charge in [-0.3, -0.25) is 14.5 Å². The van der Waals surface area contributed by atoms with Gasteiger partial charge in [-0.15, -0.1) is 11.8 Å². The Hall–Kier alpha value is -5.71. The van der Waals surface area contributed by atoms with Gasteiger partial charge < -0.3 is 19.5 Å². The molecule has 0 radical (unpaired) electrons. The zero-order chi connectivity index (χ0) is 36.3. The van der Waals surface area contributed by atoms with Crippen molar-refractivity contribution < 1.29 is 33.8 Å². The minimum absolute atomic E-state index is 0.0492. The van der Waals surface area contributed by atoms with E-state index in [1.165, 1.54) is 28.5 Å². The van der Waals surface area contributed by atoms with Crippen LogP contribution in [0.2, 0.25) is 0 Å². The molecular weight excluding hydrogens is 677 g/mol. The highest BCUT2D eigenvalue weighted by Crippen LogP contribution is 2.46. The van der Waals surface area contributed by atoms with Crippen LogP contribution in [-0.4, -0.2) is 63.1 Å². The Balaban J connectivity index is 0.000000217. The lowest BCUT2D eigenvalue weighted by molar-refractivity contribution is -0.174. The van der Waals surface area contributed by atoms with Crippen LogP contribution in [-0.2, 0) is 34.3 Å². The highest BCUT2D eigenvalue weighted by molar-refractivity contribution is 8.00. The van der Waals surface area contributed by atoms with Gasteiger partial charge in [0.1, 0.15) is 11.4 Å². The van der Waals surface area contributed by atoms with Crippen LogP contribution in [0.25, 0.3) is 0 Å². The third-order valence-electron chi connectivity index (χ3n) is 9.35. The highest BCUT2D eigenvalue weighted by atomic mass is 32.2. The fourth-order valence-corrected chi connectivity index (χ4v) is 8.11. The molecule has 3 aliphatic rings. The van der Waals surface area contributed by atoms with Gasteiger partial charge in [0, 0.05) is 29.5 Å². The largest absolute Gasteiger partial charge is 0.450 e. The number of carbonyl (C=O) groups is 4. The molecule has 5 aromatic carbocycles. The summed E-state index contributed by atoms with van der Waals surface area (Å²) in [6, 6.07) is 46.2. The number of esters is 1. The van der Waals surface area contributed by atoms with Crippen molar-refractivity contribution in [2.45, 2.75) is 35.6 Å². The molecule has 2 unspecified atom stereocenters. The van der Waals surface area contributed by atoms with E-state index in [0.29, 0.717) is 5.69 Å². The quantitative estimate of drug-likeness (QED) is 0.121. The van der Waals surface area contributed by atoms with Gasteiger partial charge >= 0.3 is 11.9 Å². The summed E-state index contributed by atoms with van der Waals surface area (Å²) < 4.78 is 11.1. The second kappa shape index (κ2) is 14.5. The van der Waals surface area contributed by atoms with Crippen LogP contribution < -0.4 is 4.90 Å². The minimum atomic E-state index is -1.86. The standard InChI is InChI=1S/C28H26N2O5S.C14H10O2/c1-19(31)30(22-15-9-4-10-16-22)23-25(32)29-17-28(34,18-36-26(23)29)27(33)35-24(20-11-5-2-6-12-20)21-13-7-3-8-14-21;15-13-14(16-13,11-7-3-1-4-8-11)12-9-5-2-6-10-12/h2-16,23-24,26,34H,17-18H2,1H3;1-10H/t23?,26-,28?;/m1./s1. The molecule has 262 valence electrons. The molecule has 5 aromatic rings. The molecule has 2 amide bonds. The molecule has 0 aromatic heterocycles. The summed E-state index contributed by atoms with van der Waals surface area (Å²) in [5.74, 6) is -1.46. The van der Waals surface area contributed by atoms with Crippen LogP contribution in [0, 0.1) is 0 Å². The number of aliphatic hydroxyl groups is 1. The molecular formula is C42H36N2O7S. The zero-order valence-electron chi connectivity index (χ0n) is 28.3. The summed E-state index contributed by atoms with van der Waals surface area (Å²) in [6.45, 7) is 1.24. The molecule has 52 heavy (non-hydrogen) atoms. The van der Waals surface area contributed by atoms with Crippen LogP contribution in [0.3, 0.4) is 0 Å². The molecule has 3 atom stereocenters. The second-order valence-electron chi connectivity index (χ2n) is 12.8. The third kappa shape index (κ3) is 6.58. The number of thioether (sulfide) groups is 1. The smallest absolute Gasteiger partial charge is 0.362 e. The van der Waals surface area contributed by atoms with E-state index < -0.39 is 29.3 Å². The zero-order valence-corrected chi connectivity index (χ0v) is 29.1. The van der Waals surface area contributed by atoms with Crippen molar-refractivity contribution in [3.8, 4) is 0 Å². The number of para-hydroxylation sites is 1. The summed E-state index contributed by atoms with van der Waals surface area (Å²) in [5, 5.41) is 11.0. The van der Waals surface area contributed by atoms with E-state index in [2.05, 4.69) is 0 Å². The number of cyclic esters (lactones) is 1. The number of amides is 2. The van der Waals surface area contributed by atoms with Crippen LogP contribution in [0.4, 0.5) is 5.69 Å². The van der Waals surface area contributed by atoms with Crippen LogP contribution >= 0.6 is 11.8 Å². The summed E-state index contributed by atoms with van der Waals surface area (Å²) in [7, 11) is 0. The van der Waals surface area contributed by atoms with Crippen molar-refractivity contribution >= 4 is 41.2 Å². The van der Waals surface area contributed by atoms with Gasteiger partial charge in [-0.05, 0) is 23.3 Å². The molecule has 10 heteroatoms. The molecule has 9 nitrogen and oxygen atoms in total. The molecule has 1 N–H and O–H groups in total. The first-order chi connectivity index (χ1) is 25.2. The maximum absolute atomic E-state index is 13.3. The molecule has 0 spiro atoms. The lowest BCUT2D eigenvalue weighted by Crippen LogP contribution is -2.75. The Morgan fingerprint density at radius 3 is 1.65 bits per heavy atom. The van der Waals surface area contributed by atoms with E-state index in [-0.39, 0.29) is 35.5 Å². The van der Waals surface area contributed by atoms with Crippen molar-refractivity contribution in [1.82, 2.24) is 4.90 Å². The number of hydrogen-bond acceptors (Lipinski definition) is 8. The van der Waals surface area contributed by atoms with E-state index in [4.69, 9.17) is 9.47 Å². The maximum Gasteiger partial charge on any atom is 0.362 e. The van der Waals surface area contributed by atoms with Crippen LogP contribution in [0.15, 0.2) is 152 Å². The predicted octanol–water partition coefficient (Wildman–Crippen LogP) is 5.87. The normalized spacial score (nSPS) is 21.0. The Bertz CT molecular complexity index is 1970. The number of benzene rings is 5. The van der Waals surface area contributed by atoms with E-state index >= 15 is 0 Å².